The molecule has 22 heavy (non-hydrogen) atoms. The molecule has 2 heterocycles. The van der Waals surface area contributed by atoms with Crippen LogP contribution < -0.4 is 4.74 Å². The van der Waals surface area contributed by atoms with E-state index in [9.17, 15) is 9.90 Å². The van der Waals surface area contributed by atoms with Crippen molar-refractivity contribution in [2.45, 2.75) is 6.54 Å². The SMILES string of the molecule is O=C(O)[C@]12COC[C@H]1CN(Cc1ccccc1OCCO)C2. The molecule has 0 spiro atoms. The minimum Gasteiger partial charge on any atom is -0.491 e. The number of carbonyl (C=O) groups is 1. The smallest absolute Gasteiger partial charge is 0.313 e. The van der Waals surface area contributed by atoms with Crippen molar-refractivity contribution in [3.63, 3.8) is 0 Å². The molecular weight excluding hydrogens is 286 g/mol. The van der Waals surface area contributed by atoms with E-state index in [4.69, 9.17) is 14.6 Å². The summed E-state index contributed by atoms with van der Waals surface area (Å²) in [7, 11) is 0. The number of para-hydroxylation sites is 1. The van der Waals surface area contributed by atoms with E-state index in [1.54, 1.807) is 0 Å². The van der Waals surface area contributed by atoms with Crippen molar-refractivity contribution in [2.75, 3.05) is 39.5 Å². The summed E-state index contributed by atoms with van der Waals surface area (Å²) in [4.78, 5) is 13.8. The van der Waals surface area contributed by atoms with Gasteiger partial charge in [-0.05, 0) is 6.07 Å². The van der Waals surface area contributed by atoms with Gasteiger partial charge in [0.1, 0.15) is 17.8 Å². The average Bonchev–Trinajstić information content (AvgIpc) is 3.04. The Morgan fingerprint density at radius 1 is 1.45 bits per heavy atom. The minimum absolute atomic E-state index is 0.0282. The van der Waals surface area contributed by atoms with Gasteiger partial charge < -0.3 is 19.7 Å². The number of fused-ring (bicyclic) bond motifs is 1. The van der Waals surface area contributed by atoms with Crippen LogP contribution in [-0.4, -0.2) is 60.6 Å². The van der Waals surface area contributed by atoms with Gasteiger partial charge >= 0.3 is 5.97 Å². The Bertz CT molecular complexity index is 549. The van der Waals surface area contributed by atoms with E-state index in [1.807, 2.05) is 24.3 Å². The maximum Gasteiger partial charge on any atom is 0.313 e. The van der Waals surface area contributed by atoms with Crippen molar-refractivity contribution in [2.24, 2.45) is 11.3 Å². The molecule has 0 aliphatic carbocycles. The summed E-state index contributed by atoms with van der Waals surface area (Å²) in [5.74, 6) is 0.0343. The number of hydrogen-bond acceptors (Lipinski definition) is 5. The van der Waals surface area contributed by atoms with Crippen LogP contribution in [0.25, 0.3) is 0 Å². The molecule has 0 radical (unpaired) electrons. The fourth-order valence-electron chi connectivity index (χ4n) is 3.43. The third kappa shape index (κ3) is 2.69. The Labute approximate surface area is 129 Å². The van der Waals surface area contributed by atoms with Crippen molar-refractivity contribution in [3.05, 3.63) is 29.8 Å². The summed E-state index contributed by atoms with van der Waals surface area (Å²) >= 11 is 0. The van der Waals surface area contributed by atoms with Gasteiger partial charge in [-0.1, -0.05) is 18.2 Å². The van der Waals surface area contributed by atoms with Crippen LogP contribution >= 0.6 is 0 Å². The van der Waals surface area contributed by atoms with Gasteiger partial charge in [0.05, 0.1) is 19.8 Å². The zero-order chi connectivity index (χ0) is 15.6. The van der Waals surface area contributed by atoms with E-state index in [-0.39, 0.29) is 19.1 Å². The Kier molecular flexibility index (Phi) is 4.33. The predicted molar refractivity (Wildman–Crippen MR) is 78.7 cm³/mol. The van der Waals surface area contributed by atoms with Crippen LogP contribution in [0.1, 0.15) is 5.56 Å². The number of aliphatic carboxylic acids is 1. The molecule has 2 N–H and O–H groups in total. The van der Waals surface area contributed by atoms with E-state index >= 15 is 0 Å². The number of hydrogen-bond donors (Lipinski definition) is 2. The highest BCUT2D eigenvalue weighted by Crippen LogP contribution is 2.42. The summed E-state index contributed by atoms with van der Waals surface area (Å²) in [6.45, 7) is 2.92. The number of benzene rings is 1. The first-order chi connectivity index (χ1) is 10.7. The molecule has 2 saturated heterocycles. The lowest BCUT2D eigenvalue weighted by Gasteiger charge is -2.22. The quantitative estimate of drug-likeness (QED) is 0.801. The largest absolute Gasteiger partial charge is 0.491 e. The fourth-order valence-corrected chi connectivity index (χ4v) is 3.43. The standard InChI is InChI=1S/C16H21NO5/c18-5-6-22-14-4-2-1-3-12(14)7-17-8-13-9-21-11-16(13,10-17)15(19)20/h1-4,13,18H,5-11H2,(H,19,20)/t13-,16-/m1/s1. The van der Waals surface area contributed by atoms with E-state index in [2.05, 4.69) is 4.90 Å². The topological polar surface area (TPSA) is 79.2 Å². The van der Waals surface area contributed by atoms with Crippen molar-refractivity contribution in [1.82, 2.24) is 4.90 Å². The number of aliphatic hydroxyl groups excluding tert-OH is 1. The minimum atomic E-state index is -0.763. The third-order valence-corrected chi connectivity index (χ3v) is 4.59. The Hall–Kier alpha value is -1.63. The van der Waals surface area contributed by atoms with Crippen molar-refractivity contribution >= 4 is 5.97 Å². The lowest BCUT2D eigenvalue weighted by Crippen LogP contribution is -2.38. The summed E-state index contributed by atoms with van der Waals surface area (Å²) in [5.41, 5.74) is 0.248. The monoisotopic (exact) mass is 307 g/mol. The number of nitrogens with zero attached hydrogens (tertiary/aromatic N) is 1. The molecule has 2 atom stereocenters. The van der Waals surface area contributed by atoms with E-state index < -0.39 is 11.4 Å². The molecule has 1 aromatic rings. The van der Waals surface area contributed by atoms with Crippen molar-refractivity contribution in [3.8, 4) is 5.75 Å². The predicted octanol–water partition coefficient (Wildman–Crippen LogP) is 0.591. The fraction of sp³-hybridized carbons (Fsp3) is 0.562. The van der Waals surface area contributed by atoms with Crippen molar-refractivity contribution < 1.29 is 24.5 Å². The molecule has 6 heteroatoms. The summed E-state index contributed by atoms with van der Waals surface area (Å²) in [5, 5.41) is 18.5. The normalized spacial score (nSPS) is 27.8. The molecule has 6 nitrogen and oxygen atoms in total. The highest BCUT2D eigenvalue weighted by Gasteiger charge is 2.56. The van der Waals surface area contributed by atoms with Gasteiger partial charge in [-0.15, -0.1) is 0 Å². The number of rotatable bonds is 6. The molecule has 0 bridgehead atoms. The van der Waals surface area contributed by atoms with E-state index in [0.717, 1.165) is 17.9 Å². The van der Waals surface area contributed by atoms with Crippen molar-refractivity contribution in [1.29, 1.82) is 0 Å². The van der Waals surface area contributed by atoms with Gasteiger partial charge in [-0.25, -0.2) is 0 Å². The van der Waals surface area contributed by atoms with Crippen LogP contribution in [-0.2, 0) is 16.1 Å². The van der Waals surface area contributed by atoms with Crippen LogP contribution in [0.5, 0.6) is 5.75 Å². The summed E-state index contributed by atoms with van der Waals surface area (Å²) in [6.07, 6.45) is 0. The van der Waals surface area contributed by atoms with Gasteiger partial charge in [-0.2, -0.15) is 0 Å². The summed E-state index contributed by atoms with van der Waals surface area (Å²) in [6, 6.07) is 7.68. The molecular formula is C16H21NO5. The van der Waals surface area contributed by atoms with Gasteiger partial charge in [0.25, 0.3) is 0 Å². The highest BCUT2D eigenvalue weighted by molar-refractivity contribution is 5.76. The lowest BCUT2D eigenvalue weighted by molar-refractivity contribution is -0.149. The molecule has 3 rings (SSSR count). The highest BCUT2D eigenvalue weighted by atomic mass is 16.5. The van der Waals surface area contributed by atoms with Crippen LogP contribution in [0.4, 0.5) is 0 Å². The molecule has 2 aliphatic rings. The molecule has 0 amide bonds. The van der Waals surface area contributed by atoms with Gasteiger partial charge in [0.15, 0.2) is 0 Å². The molecule has 120 valence electrons. The van der Waals surface area contributed by atoms with Crippen LogP contribution in [0.15, 0.2) is 24.3 Å². The number of ether oxygens (including phenoxy) is 2. The number of carboxylic acids is 1. The molecule has 1 aromatic carbocycles. The molecule has 2 aliphatic heterocycles. The van der Waals surface area contributed by atoms with Gasteiger partial charge in [0.2, 0.25) is 0 Å². The number of aliphatic hydroxyl groups is 1. The molecule has 2 fully saturated rings. The van der Waals surface area contributed by atoms with E-state index in [0.29, 0.717) is 26.3 Å². The van der Waals surface area contributed by atoms with Gasteiger partial charge in [0, 0.05) is 31.1 Å². The first-order valence-corrected chi connectivity index (χ1v) is 7.51. The number of carboxylic acid groups (broad SMARTS) is 1. The summed E-state index contributed by atoms with van der Waals surface area (Å²) < 4.78 is 10.9. The van der Waals surface area contributed by atoms with Crippen LogP contribution in [0.3, 0.4) is 0 Å². The second-order valence-electron chi connectivity index (χ2n) is 6.02. The third-order valence-electron chi connectivity index (χ3n) is 4.59. The average molecular weight is 307 g/mol. The lowest BCUT2D eigenvalue weighted by atomic mass is 9.81. The number of likely N-dealkylation sites (tertiary alicyclic amines) is 1. The van der Waals surface area contributed by atoms with E-state index in [1.165, 1.54) is 0 Å². The maximum absolute atomic E-state index is 11.7. The first-order valence-electron chi connectivity index (χ1n) is 7.51. The molecule has 0 unspecified atom stereocenters. The van der Waals surface area contributed by atoms with Crippen LogP contribution in [0.2, 0.25) is 0 Å². The molecule has 0 saturated carbocycles. The van der Waals surface area contributed by atoms with Gasteiger partial charge in [-0.3, -0.25) is 9.69 Å². The maximum atomic E-state index is 11.7. The Morgan fingerprint density at radius 3 is 3.00 bits per heavy atom. The molecule has 0 aromatic heterocycles. The second kappa shape index (κ2) is 6.24. The Balaban J connectivity index is 1.72. The Morgan fingerprint density at radius 2 is 2.27 bits per heavy atom. The van der Waals surface area contributed by atoms with Crippen LogP contribution in [0, 0.1) is 11.3 Å². The second-order valence-corrected chi connectivity index (χ2v) is 6.02. The first kappa shape index (κ1) is 15.3. The zero-order valence-electron chi connectivity index (χ0n) is 12.4. The zero-order valence-corrected chi connectivity index (χ0v) is 12.4.